The van der Waals surface area contributed by atoms with Gasteiger partial charge in [-0.15, -0.1) is 11.3 Å². The first-order valence-electron chi connectivity index (χ1n) is 5.92. The van der Waals surface area contributed by atoms with Crippen molar-refractivity contribution in [3.05, 3.63) is 45.9 Å². The van der Waals surface area contributed by atoms with E-state index in [0.717, 1.165) is 22.1 Å². The molecule has 0 fully saturated rings. The molecule has 0 saturated carbocycles. The van der Waals surface area contributed by atoms with Crippen molar-refractivity contribution in [2.45, 2.75) is 25.9 Å². The molecule has 1 aromatic carbocycles. The van der Waals surface area contributed by atoms with Crippen LogP contribution < -0.4 is 4.74 Å². The van der Waals surface area contributed by atoms with E-state index in [1.165, 1.54) is 5.56 Å². The number of ether oxygens (including phenoxy) is 1. The zero-order valence-corrected chi connectivity index (χ0v) is 11.4. The summed E-state index contributed by atoms with van der Waals surface area (Å²) in [6.45, 7) is 1.95. The average molecular weight is 263 g/mol. The fourth-order valence-corrected chi connectivity index (χ4v) is 2.58. The van der Waals surface area contributed by atoms with E-state index < -0.39 is 6.10 Å². The predicted octanol–water partition coefficient (Wildman–Crippen LogP) is 3.13. The third-order valence-corrected chi connectivity index (χ3v) is 3.85. The minimum Gasteiger partial charge on any atom is -0.497 e. The van der Waals surface area contributed by atoms with Gasteiger partial charge in [0.1, 0.15) is 5.75 Å². The van der Waals surface area contributed by atoms with Crippen LogP contribution in [0.2, 0.25) is 0 Å². The van der Waals surface area contributed by atoms with E-state index in [2.05, 4.69) is 4.98 Å². The Labute approximate surface area is 111 Å². The van der Waals surface area contributed by atoms with Crippen LogP contribution in [0.25, 0.3) is 0 Å². The third-order valence-electron chi connectivity index (χ3n) is 2.83. The number of nitrogens with zero attached hydrogens (tertiary/aromatic N) is 1. The van der Waals surface area contributed by atoms with Crippen molar-refractivity contribution in [1.29, 1.82) is 0 Å². The van der Waals surface area contributed by atoms with E-state index in [1.807, 2.05) is 31.2 Å². The number of rotatable bonds is 5. The van der Waals surface area contributed by atoms with E-state index in [-0.39, 0.29) is 0 Å². The van der Waals surface area contributed by atoms with Gasteiger partial charge in [-0.25, -0.2) is 4.98 Å². The Morgan fingerprint density at radius 3 is 2.61 bits per heavy atom. The SMILES string of the molecule is COc1ccc(CCC(O)c2cnc(C)s2)cc1. The number of thiazole rings is 1. The van der Waals surface area contributed by atoms with Gasteiger partial charge in [0.15, 0.2) is 0 Å². The van der Waals surface area contributed by atoms with Crippen LogP contribution in [0.1, 0.15) is 28.0 Å². The van der Waals surface area contributed by atoms with E-state index in [1.54, 1.807) is 24.6 Å². The lowest BCUT2D eigenvalue weighted by molar-refractivity contribution is 0.171. The van der Waals surface area contributed by atoms with Crippen LogP contribution in [-0.4, -0.2) is 17.2 Å². The maximum atomic E-state index is 10.0. The van der Waals surface area contributed by atoms with Crippen LogP contribution in [0.3, 0.4) is 0 Å². The summed E-state index contributed by atoms with van der Waals surface area (Å²) in [4.78, 5) is 5.10. The van der Waals surface area contributed by atoms with Crippen molar-refractivity contribution in [3.8, 4) is 5.75 Å². The van der Waals surface area contributed by atoms with Crippen molar-refractivity contribution < 1.29 is 9.84 Å². The minimum absolute atomic E-state index is 0.418. The Hall–Kier alpha value is -1.39. The van der Waals surface area contributed by atoms with Crippen molar-refractivity contribution in [2.75, 3.05) is 7.11 Å². The Morgan fingerprint density at radius 1 is 1.33 bits per heavy atom. The summed E-state index contributed by atoms with van der Waals surface area (Å²) in [5.41, 5.74) is 1.20. The summed E-state index contributed by atoms with van der Waals surface area (Å²) in [6.07, 6.45) is 2.91. The molecule has 0 spiro atoms. The minimum atomic E-state index is -0.418. The largest absolute Gasteiger partial charge is 0.497 e. The standard InChI is InChI=1S/C14H17NO2S/c1-10-15-9-14(18-10)13(16)8-5-11-3-6-12(17-2)7-4-11/h3-4,6-7,9,13,16H,5,8H2,1-2H3. The van der Waals surface area contributed by atoms with Gasteiger partial charge in [0.05, 0.1) is 23.1 Å². The number of aromatic nitrogens is 1. The van der Waals surface area contributed by atoms with Gasteiger partial charge in [0, 0.05) is 6.20 Å². The second-order valence-electron chi connectivity index (χ2n) is 4.18. The van der Waals surface area contributed by atoms with Gasteiger partial charge in [-0.05, 0) is 37.5 Å². The monoisotopic (exact) mass is 263 g/mol. The first kappa shape index (κ1) is 13.1. The highest BCUT2D eigenvalue weighted by Gasteiger charge is 2.10. The third kappa shape index (κ3) is 3.31. The molecule has 0 saturated heterocycles. The smallest absolute Gasteiger partial charge is 0.118 e. The summed E-state index contributed by atoms with van der Waals surface area (Å²) in [5, 5.41) is 11.0. The summed E-state index contributed by atoms with van der Waals surface area (Å²) in [6, 6.07) is 7.95. The molecule has 0 aliphatic carbocycles. The van der Waals surface area contributed by atoms with E-state index >= 15 is 0 Å². The van der Waals surface area contributed by atoms with Crippen LogP contribution in [0, 0.1) is 6.92 Å². The molecule has 0 aliphatic heterocycles. The Morgan fingerprint density at radius 2 is 2.06 bits per heavy atom. The van der Waals surface area contributed by atoms with Gasteiger partial charge >= 0.3 is 0 Å². The zero-order chi connectivity index (χ0) is 13.0. The highest BCUT2D eigenvalue weighted by atomic mass is 32.1. The average Bonchev–Trinajstić information content (AvgIpc) is 2.83. The van der Waals surface area contributed by atoms with Gasteiger partial charge < -0.3 is 9.84 Å². The first-order chi connectivity index (χ1) is 8.69. The normalized spacial score (nSPS) is 12.4. The highest BCUT2D eigenvalue weighted by Crippen LogP contribution is 2.24. The van der Waals surface area contributed by atoms with Gasteiger partial charge in [0.25, 0.3) is 0 Å². The first-order valence-corrected chi connectivity index (χ1v) is 6.74. The van der Waals surface area contributed by atoms with Crippen LogP contribution in [0.5, 0.6) is 5.75 Å². The second-order valence-corrected chi connectivity index (χ2v) is 5.45. The Balaban J connectivity index is 1.90. The number of hydrogen-bond donors (Lipinski definition) is 1. The number of methoxy groups -OCH3 is 1. The molecular weight excluding hydrogens is 246 g/mol. The molecule has 1 heterocycles. The fourth-order valence-electron chi connectivity index (χ4n) is 1.77. The molecule has 1 N–H and O–H groups in total. The van der Waals surface area contributed by atoms with E-state index in [0.29, 0.717) is 6.42 Å². The fraction of sp³-hybridized carbons (Fsp3) is 0.357. The number of aliphatic hydroxyl groups excluding tert-OH is 1. The molecule has 0 bridgehead atoms. The summed E-state index contributed by atoms with van der Waals surface area (Å²) < 4.78 is 5.11. The van der Waals surface area contributed by atoms with Crippen LogP contribution >= 0.6 is 11.3 Å². The summed E-state index contributed by atoms with van der Waals surface area (Å²) in [5.74, 6) is 0.859. The Bertz CT molecular complexity index is 493. The second kappa shape index (κ2) is 5.98. The van der Waals surface area contributed by atoms with Crippen molar-refractivity contribution in [1.82, 2.24) is 4.98 Å². The van der Waals surface area contributed by atoms with E-state index in [4.69, 9.17) is 4.74 Å². The molecule has 2 rings (SSSR count). The van der Waals surface area contributed by atoms with Crippen molar-refractivity contribution in [3.63, 3.8) is 0 Å². The molecule has 0 radical (unpaired) electrons. The number of aryl methyl sites for hydroxylation is 2. The van der Waals surface area contributed by atoms with Gasteiger partial charge in [0.2, 0.25) is 0 Å². The molecule has 4 heteroatoms. The van der Waals surface area contributed by atoms with Crippen LogP contribution in [0.15, 0.2) is 30.5 Å². The lowest BCUT2D eigenvalue weighted by Crippen LogP contribution is -1.97. The van der Waals surface area contributed by atoms with Gasteiger partial charge in [-0.3, -0.25) is 0 Å². The Kier molecular flexibility index (Phi) is 4.33. The van der Waals surface area contributed by atoms with Crippen molar-refractivity contribution in [2.24, 2.45) is 0 Å². The predicted molar refractivity (Wildman–Crippen MR) is 73.1 cm³/mol. The van der Waals surface area contributed by atoms with Gasteiger partial charge in [-0.1, -0.05) is 12.1 Å². The lowest BCUT2D eigenvalue weighted by atomic mass is 10.1. The topological polar surface area (TPSA) is 42.4 Å². The molecular formula is C14H17NO2S. The number of aliphatic hydroxyl groups is 1. The molecule has 0 amide bonds. The quantitative estimate of drug-likeness (QED) is 0.901. The van der Waals surface area contributed by atoms with Crippen LogP contribution in [0.4, 0.5) is 0 Å². The van der Waals surface area contributed by atoms with E-state index in [9.17, 15) is 5.11 Å². The summed E-state index contributed by atoms with van der Waals surface area (Å²) in [7, 11) is 1.66. The summed E-state index contributed by atoms with van der Waals surface area (Å²) >= 11 is 1.56. The molecule has 2 aromatic rings. The van der Waals surface area contributed by atoms with Crippen molar-refractivity contribution >= 4 is 11.3 Å². The molecule has 0 aliphatic rings. The maximum Gasteiger partial charge on any atom is 0.118 e. The molecule has 1 unspecified atom stereocenters. The maximum absolute atomic E-state index is 10.0. The number of hydrogen-bond acceptors (Lipinski definition) is 4. The van der Waals surface area contributed by atoms with Gasteiger partial charge in [-0.2, -0.15) is 0 Å². The molecule has 96 valence electrons. The molecule has 18 heavy (non-hydrogen) atoms. The zero-order valence-electron chi connectivity index (χ0n) is 10.6. The number of benzene rings is 1. The lowest BCUT2D eigenvalue weighted by Gasteiger charge is -2.08. The molecule has 1 atom stereocenters. The molecule has 1 aromatic heterocycles. The highest BCUT2D eigenvalue weighted by molar-refractivity contribution is 7.11. The van der Waals surface area contributed by atoms with Crippen LogP contribution in [-0.2, 0) is 6.42 Å². The molecule has 3 nitrogen and oxygen atoms in total.